The Balaban J connectivity index is 2.03. The summed E-state index contributed by atoms with van der Waals surface area (Å²) < 4.78 is 14.3. The summed E-state index contributed by atoms with van der Waals surface area (Å²) in [5, 5.41) is 5.22. The number of nitrogens with one attached hydrogen (secondary N) is 2. The molecule has 0 saturated heterocycles. The molecule has 2 aromatic rings. The second kappa shape index (κ2) is 6.78. The van der Waals surface area contributed by atoms with Crippen LogP contribution in [0.2, 0.25) is 0 Å². The number of thiocarbonyl (C=S) groups is 1. The van der Waals surface area contributed by atoms with Crippen LogP contribution in [0.15, 0.2) is 46.9 Å². The molecule has 0 unspecified atom stereocenters. The van der Waals surface area contributed by atoms with E-state index in [1.54, 1.807) is 24.3 Å². The maximum atomic E-state index is 13.7. The Kier molecular flexibility index (Phi) is 5.03. The van der Waals surface area contributed by atoms with Gasteiger partial charge in [0.15, 0.2) is 5.11 Å². The minimum atomic E-state index is -0.462. The first-order valence-electron chi connectivity index (χ1n) is 6.10. The van der Waals surface area contributed by atoms with E-state index in [1.165, 1.54) is 12.1 Å². The predicted molar refractivity (Wildman–Crippen MR) is 89.0 cm³/mol. The monoisotopic (exact) mass is 366 g/mol. The fraction of sp³-hybridized carbons (Fsp3) is 0.0667. The first-order chi connectivity index (χ1) is 9.95. The third-order valence-corrected chi connectivity index (χ3v) is 3.38. The second-order valence-corrected chi connectivity index (χ2v) is 5.73. The zero-order valence-corrected chi connectivity index (χ0v) is 13.5. The number of anilines is 1. The standard InChI is InChI=1S/C15H12BrFN2OS/c1-9-3-2-4-10(7-9)14(20)19-15(21)18-13-6-5-11(16)8-12(13)17/h2-8H,1H3,(H2,18,19,20,21). The predicted octanol–water partition coefficient (Wildman–Crippen LogP) is 4.02. The molecule has 2 N–H and O–H groups in total. The number of amides is 1. The van der Waals surface area contributed by atoms with Crippen molar-refractivity contribution >= 4 is 44.9 Å². The molecule has 0 fully saturated rings. The van der Waals surface area contributed by atoms with E-state index < -0.39 is 5.82 Å². The normalized spacial score (nSPS) is 10.0. The zero-order chi connectivity index (χ0) is 15.4. The number of aryl methyl sites for hydroxylation is 1. The fourth-order valence-corrected chi connectivity index (χ4v) is 2.24. The summed E-state index contributed by atoms with van der Waals surface area (Å²) in [6.07, 6.45) is 0. The smallest absolute Gasteiger partial charge is 0.257 e. The average Bonchev–Trinajstić information content (AvgIpc) is 2.42. The molecule has 0 radical (unpaired) electrons. The van der Waals surface area contributed by atoms with Crippen LogP contribution >= 0.6 is 28.1 Å². The second-order valence-electron chi connectivity index (χ2n) is 4.40. The lowest BCUT2D eigenvalue weighted by molar-refractivity contribution is 0.0977. The van der Waals surface area contributed by atoms with Crippen molar-refractivity contribution in [3.8, 4) is 0 Å². The van der Waals surface area contributed by atoms with E-state index in [2.05, 4.69) is 26.6 Å². The summed E-state index contributed by atoms with van der Waals surface area (Å²) in [6, 6.07) is 11.6. The van der Waals surface area contributed by atoms with Gasteiger partial charge < -0.3 is 5.32 Å². The van der Waals surface area contributed by atoms with Crippen LogP contribution in [0.3, 0.4) is 0 Å². The maximum Gasteiger partial charge on any atom is 0.257 e. The summed E-state index contributed by atoms with van der Waals surface area (Å²) in [5.74, 6) is -0.801. The number of hydrogen-bond acceptors (Lipinski definition) is 2. The van der Waals surface area contributed by atoms with Crippen molar-refractivity contribution in [1.82, 2.24) is 5.32 Å². The molecular formula is C15H12BrFN2OS. The van der Waals surface area contributed by atoms with Gasteiger partial charge in [-0.1, -0.05) is 33.6 Å². The highest BCUT2D eigenvalue weighted by Crippen LogP contribution is 2.19. The van der Waals surface area contributed by atoms with Gasteiger partial charge in [0.2, 0.25) is 0 Å². The Morgan fingerprint density at radius 2 is 2.00 bits per heavy atom. The molecule has 108 valence electrons. The van der Waals surface area contributed by atoms with Crippen molar-refractivity contribution in [2.45, 2.75) is 6.92 Å². The molecule has 0 aliphatic rings. The average molecular weight is 367 g/mol. The Labute approximate surface area is 135 Å². The van der Waals surface area contributed by atoms with Crippen LogP contribution in [-0.4, -0.2) is 11.0 Å². The molecule has 0 aliphatic carbocycles. The molecule has 0 saturated carbocycles. The highest BCUT2D eigenvalue weighted by molar-refractivity contribution is 9.10. The van der Waals surface area contributed by atoms with Crippen LogP contribution in [0.1, 0.15) is 15.9 Å². The molecular weight excluding hydrogens is 355 g/mol. The van der Waals surface area contributed by atoms with E-state index in [9.17, 15) is 9.18 Å². The van der Waals surface area contributed by atoms with Crippen LogP contribution in [0.5, 0.6) is 0 Å². The Bertz CT molecular complexity index is 706. The van der Waals surface area contributed by atoms with E-state index in [0.29, 0.717) is 10.0 Å². The minimum absolute atomic E-state index is 0.0442. The highest BCUT2D eigenvalue weighted by atomic mass is 79.9. The minimum Gasteiger partial charge on any atom is -0.330 e. The van der Waals surface area contributed by atoms with Crippen LogP contribution in [0.25, 0.3) is 0 Å². The molecule has 0 heterocycles. The molecule has 2 rings (SSSR count). The lowest BCUT2D eigenvalue weighted by Gasteiger charge is -2.10. The van der Waals surface area contributed by atoms with Gasteiger partial charge in [-0.3, -0.25) is 10.1 Å². The Hall–Kier alpha value is -1.79. The van der Waals surface area contributed by atoms with E-state index in [0.717, 1.165) is 5.56 Å². The first-order valence-corrected chi connectivity index (χ1v) is 7.30. The highest BCUT2D eigenvalue weighted by Gasteiger charge is 2.09. The van der Waals surface area contributed by atoms with Gasteiger partial charge in [0.05, 0.1) is 5.69 Å². The number of hydrogen-bond donors (Lipinski definition) is 2. The van der Waals surface area contributed by atoms with E-state index in [1.807, 2.05) is 13.0 Å². The van der Waals surface area contributed by atoms with Gasteiger partial charge in [-0.15, -0.1) is 0 Å². The van der Waals surface area contributed by atoms with Crippen LogP contribution in [0.4, 0.5) is 10.1 Å². The van der Waals surface area contributed by atoms with Gasteiger partial charge in [-0.2, -0.15) is 0 Å². The SMILES string of the molecule is Cc1cccc(C(=O)NC(=S)Nc2ccc(Br)cc2F)c1. The number of benzene rings is 2. The number of rotatable bonds is 2. The van der Waals surface area contributed by atoms with Crippen molar-refractivity contribution < 1.29 is 9.18 Å². The van der Waals surface area contributed by atoms with Gasteiger partial charge in [0.25, 0.3) is 5.91 Å². The van der Waals surface area contributed by atoms with Crippen molar-refractivity contribution in [2.24, 2.45) is 0 Å². The summed E-state index contributed by atoms with van der Waals surface area (Å²) in [6.45, 7) is 1.89. The van der Waals surface area contributed by atoms with Crippen molar-refractivity contribution in [1.29, 1.82) is 0 Å². The van der Waals surface area contributed by atoms with E-state index in [-0.39, 0.29) is 16.7 Å². The van der Waals surface area contributed by atoms with Crippen LogP contribution in [0, 0.1) is 12.7 Å². The molecule has 0 aromatic heterocycles. The van der Waals surface area contributed by atoms with Crippen molar-refractivity contribution in [3.05, 3.63) is 63.9 Å². The molecule has 3 nitrogen and oxygen atoms in total. The number of halogens is 2. The Morgan fingerprint density at radius 3 is 2.67 bits per heavy atom. The summed E-state index contributed by atoms with van der Waals surface area (Å²) in [7, 11) is 0. The van der Waals surface area contributed by atoms with Crippen molar-refractivity contribution in [3.63, 3.8) is 0 Å². The lowest BCUT2D eigenvalue weighted by atomic mass is 10.1. The Morgan fingerprint density at radius 1 is 1.24 bits per heavy atom. The van der Waals surface area contributed by atoms with Gasteiger partial charge in [-0.25, -0.2) is 4.39 Å². The van der Waals surface area contributed by atoms with Gasteiger partial charge in [-0.05, 0) is 49.5 Å². The summed E-state index contributed by atoms with van der Waals surface area (Å²) >= 11 is 8.19. The lowest BCUT2D eigenvalue weighted by Crippen LogP contribution is -2.34. The fourth-order valence-electron chi connectivity index (χ4n) is 1.71. The van der Waals surface area contributed by atoms with Crippen molar-refractivity contribution in [2.75, 3.05) is 5.32 Å². The molecule has 1 amide bonds. The number of carbonyl (C=O) groups is 1. The first kappa shape index (κ1) is 15.6. The third-order valence-electron chi connectivity index (χ3n) is 2.69. The van der Waals surface area contributed by atoms with Gasteiger partial charge in [0, 0.05) is 10.0 Å². The van der Waals surface area contributed by atoms with Gasteiger partial charge >= 0.3 is 0 Å². The molecule has 0 spiro atoms. The van der Waals surface area contributed by atoms with Crippen LogP contribution in [-0.2, 0) is 0 Å². The zero-order valence-electron chi connectivity index (χ0n) is 11.1. The van der Waals surface area contributed by atoms with Gasteiger partial charge in [0.1, 0.15) is 5.82 Å². The molecule has 0 atom stereocenters. The van der Waals surface area contributed by atoms with E-state index >= 15 is 0 Å². The summed E-state index contributed by atoms with van der Waals surface area (Å²) in [5.41, 5.74) is 1.67. The topological polar surface area (TPSA) is 41.1 Å². The molecule has 2 aromatic carbocycles. The molecule has 21 heavy (non-hydrogen) atoms. The van der Waals surface area contributed by atoms with Crippen LogP contribution < -0.4 is 10.6 Å². The molecule has 0 aliphatic heterocycles. The number of carbonyl (C=O) groups excluding carboxylic acids is 1. The molecule has 6 heteroatoms. The molecule has 0 bridgehead atoms. The largest absolute Gasteiger partial charge is 0.330 e. The maximum absolute atomic E-state index is 13.7. The third kappa shape index (κ3) is 4.34. The summed E-state index contributed by atoms with van der Waals surface area (Å²) in [4.78, 5) is 12.0. The quantitative estimate of drug-likeness (QED) is 0.788. The van der Waals surface area contributed by atoms with E-state index in [4.69, 9.17) is 12.2 Å².